The number of halogens is 2. The smallest absolute Gasteiger partial charge is 0.258 e. The Labute approximate surface area is 191 Å². The van der Waals surface area contributed by atoms with E-state index < -0.39 is 11.7 Å². The van der Waals surface area contributed by atoms with E-state index in [1.54, 1.807) is 54.6 Å². The van der Waals surface area contributed by atoms with Crippen LogP contribution >= 0.6 is 11.6 Å². The standard InChI is InChI=1S/C23H14ClFN6O2/c24-14-2-10-21(26-12-14)33-16-5-3-15(4-6-16)27-23(32)17-11-13(1-7-18(17)25)19-8-9-20-22(28-19)30-31-29-20/h1-12H,(H,27,32)(H,28,29,30,31). The van der Waals surface area contributed by atoms with Gasteiger partial charge in [-0.25, -0.2) is 14.4 Å². The first kappa shape index (κ1) is 20.5. The predicted octanol–water partition coefficient (Wildman–Crippen LogP) is 5.25. The van der Waals surface area contributed by atoms with Gasteiger partial charge in [-0.2, -0.15) is 10.3 Å². The molecule has 1 amide bonds. The van der Waals surface area contributed by atoms with Crippen LogP contribution in [0.2, 0.25) is 5.02 Å². The van der Waals surface area contributed by atoms with Gasteiger partial charge < -0.3 is 10.1 Å². The fourth-order valence-electron chi connectivity index (χ4n) is 3.10. The molecule has 3 aromatic heterocycles. The van der Waals surface area contributed by atoms with Crippen LogP contribution in [0.25, 0.3) is 22.4 Å². The van der Waals surface area contributed by atoms with E-state index in [0.29, 0.717) is 44.8 Å². The zero-order chi connectivity index (χ0) is 22.8. The van der Waals surface area contributed by atoms with Crippen molar-refractivity contribution >= 4 is 34.4 Å². The highest BCUT2D eigenvalue weighted by atomic mass is 35.5. The summed E-state index contributed by atoms with van der Waals surface area (Å²) in [4.78, 5) is 21.2. The second kappa shape index (κ2) is 8.64. The number of hydrogen-bond donors (Lipinski definition) is 2. The minimum Gasteiger partial charge on any atom is -0.439 e. The molecular formula is C23H14ClFN6O2. The second-order valence-corrected chi connectivity index (χ2v) is 7.39. The highest BCUT2D eigenvalue weighted by molar-refractivity contribution is 6.30. The zero-order valence-electron chi connectivity index (χ0n) is 16.8. The average Bonchev–Trinajstić information content (AvgIpc) is 3.30. The highest BCUT2D eigenvalue weighted by Crippen LogP contribution is 2.25. The second-order valence-electron chi connectivity index (χ2n) is 6.95. The van der Waals surface area contributed by atoms with Gasteiger partial charge in [-0.1, -0.05) is 11.6 Å². The normalized spacial score (nSPS) is 10.8. The molecule has 0 aliphatic heterocycles. The summed E-state index contributed by atoms with van der Waals surface area (Å²) in [7, 11) is 0. The van der Waals surface area contributed by atoms with Crippen molar-refractivity contribution in [2.75, 3.05) is 5.32 Å². The zero-order valence-corrected chi connectivity index (χ0v) is 17.5. The quantitative estimate of drug-likeness (QED) is 0.371. The highest BCUT2D eigenvalue weighted by Gasteiger charge is 2.15. The Morgan fingerprint density at radius 3 is 2.64 bits per heavy atom. The van der Waals surface area contributed by atoms with Gasteiger partial charge in [-0.15, -0.1) is 5.10 Å². The van der Waals surface area contributed by atoms with Crippen molar-refractivity contribution in [2.24, 2.45) is 0 Å². The van der Waals surface area contributed by atoms with Gasteiger partial charge in [0.25, 0.3) is 5.91 Å². The Balaban J connectivity index is 1.33. The summed E-state index contributed by atoms with van der Waals surface area (Å²) < 4.78 is 20.1. The van der Waals surface area contributed by atoms with Gasteiger partial charge in [-0.3, -0.25) is 4.79 Å². The van der Waals surface area contributed by atoms with E-state index in [4.69, 9.17) is 16.3 Å². The van der Waals surface area contributed by atoms with E-state index in [2.05, 4.69) is 30.7 Å². The Morgan fingerprint density at radius 2 is 1.85 bits per heavy atom. The van der Waals surface area contributed by atoms with Crippen molar-refractivity contribution in [2.45, 2.75) is 0 Å². The molecule has 162 valence electrons. The van der Waals surface area contributed by atoms with Crippen LogP contribution in [0.5, 0.6) is 11.6 Å². The molecule has 0 bridgehead atoms. The SMILES string of the molecule is O=C(Nc1ccc(Oc2ccc(Cl)cn2)cc1)c1cc(-c2ccc3n[nH]nc3n2)ccc1F. The number of H-pyrrole nitrogens is 1. The maximum Gasteiger partial charge on any atom is 0.258 e. The molecule has 10 heteroatoms. The van der Waals surface area contributed by atoms with Gasteiger partial charge in [0.1, 0.15) is 17.1 Å². The minimum atomic E-state index is -0.646. The molecule has 0 spiro atoms. The van der Waals surface area contributed by atoms with Gasteiger partial charge in [-0.05, 0) is 60.7 Å². The lowest BCUT2D eigenvalue weighted by Gasteiger charge is -2.09. The molecule has 3 heterocycles. The maximum absolute atomic E-state index is 14.4. The van der Waals surface area contributed by atoms with Crippen molar-refractivity contribution in [3.8, 4) is 22.9 Å². The van der Waals surface area contributed by atoms with Crippen LogP contribution < -0.4 is 10.1 Å². The number of hydrogen-bond acceptors (Lipinski definition) is 6. The first-order valence-electron chi connectivity index (χ1n) is 9.73. The minimum absolute atomic E-state index is 0.111. The molecule has 0 atom stereocenters. The number of carbonyl (C=O) groups excluding carboxylic acids is 1. The number of benzene rings is 2. The maximum atomic E-state index is 14.4. The van der Waals surface area contributed by atoms with Crippen LogP contribution in [0.3, 0.4) is 0 Å². The number of ether oxygens (including phenoxy) is 1. The van der Waals surface area contributed by atoms with Crippen molar-refractivity contribution in [3.05, 3.63) is 89.3 Å². The topological polar surface area (TPSA) is 106 Å². The fourth-order valence-corrected chi connectivity index (χ4v) is 3.22. The Bertz CT molecular complexity index is 1450. The summed E-state index contributed by atoms with van der Waals surface area (Å²) in [5.74, 6) is -0.338. The number of nitrogens with one attached hydrogen (secondary N) is 2. The number of aromatic amines is 1. The van der Waals surface area contributed by atoms with E-state index in [-0.39, 0.29) is 5.56 Å². The molecule has 5 rings (SSSR count). The number of aromatic nitrogens is 5. The van der Waals surface area contributed by atoms with Crippen molar-refractivity contribution in [1.82, 2.24) is 25.4 Å². The number of pyridine rings is 2. The Hall–Kier alpha value is -4.37. The van der Waals surface area contributed by atoms with Crippen LogP contribution in [0.1, 0.15) is 10.4 Å². The van der Waals surface area contributed by atoms with Crippen molar-refractivity contribution < 1.29 is 13.9 Å². The number of rotatable bonds is 5. The van der Waals surface area contributed by atoms with E-state index in [9.17, 15) is 9.18 Å². The molecule has 0 fully saturated rings. The Morgan fingerprint density at radius 1 is 1.00 bits per heavy atom. The summed E-state index contributed by atoms with van der Waals surface area (Å²) >= 11 is 5.81. The van der Waals surface area contributed by atoms with Crippen LogP contribution in [0.15, 0.2) is 72.9 Å². The van der Waals surface area contributed by atoms with Gasteiger partial charge in [0, 0.05) is 23.5 Å². The lowest BCUT2D eigenvalue weighted by molar-refractivity contribution is 0.102. The summed E-state index contributed by atoms with van der Waals surface area (Å²) in [6.07, 6.45) is 1.48. The molecule has 8 nitrogen and oxygen atoms in total. The lowest BCUT2D eigenvalue weighted by atomic mass is 10.1. The van der Waals surface area contributed by atoms with E-state index >= 15 is 0 Å². The van der Waals surface area contributed by atoms with Gasteiger partial charge in [0.05, 0.1) is 16.3 Å². The molecule has 0 saturated carbocycles. The predicted molar refractivity (Wildman–Crippen MR) is 121 cm³/mol. The van der Waals surface area contributed by atoms with Crippen LogP contribution in [-0.2, 0) is 0 Å². The number of fused-ring (bicyclic) bond motifs is 1. The van der Waals surface area contributed by atoms with Crippen LogP contribution in [0.4, 0.5) is 10.1 Å². The van der Waals surface area contributed by atoms with Gasteiger partial charge in [0.15, 0.2) is 0 Å². The number of anilines is 1. The molecule has 0 aliphatic rings. The summed E-state index contributed by atoms with van der Waals surface area (Å²) in [5.41, 5.74) is 2.52. The number of carbonyl (C=O) groups is 1. The molecule has 0 aliphatic carbocycles. The first-order chi connectivity index (χ1) is 16.0. The first-order valence-corrected chi connectivity index (χ1v) is 10.1. The average molecular weight is 461 g/mol. The van der Waals surface area contributed by atoms with Crippen molar-refractivity contribution in [3.63, 3.8) is 0 Å². The third-order valence-electron chi connectivity index (χ3n) is 4.72. The lowest BCUT2D eigenvalue weighted by Crippen LogP contribution is -2.14. The summed E-state index contributed by atoms with van der Waals surface area (Å²) in [6, 6.07) is 17.6. The number of nitrogens with zero attached hydrogens (tertiary/aromatic N) is 4. The number of amides is 1. The molecule has 33 heavy (non-hydrogen) atoms. The van der Waals surface area contributed by atoms with Crippen molar-refractivity contribution in [1.29, 1.82) is 0 Å². The molecule has 0 saturated heterocycles. The van der Waals surface area contributed by atoms with E-state index in [1.165, 1.54) is 18.3 Å². The fraction of sp³-hybridized carbons (Fsp3) is 0. The van der Waals surface area contributed by atoms with Gasteiger partial charge >= 0.3 is 0 Å². The molecule has 0 radical (unpaired) electrons. The van der Waals surface area contributed by atoms with Gasteiger partial charge in [0.2, 0.25) is 11.5 Å². The molecule has 2 N–H and O–H groups in total. The molecule has 2 aromatic carbocycles. The molecule has 5 aromatic rings. The Kier molecular flexibility index (Phi) is 5.37. The molecular weight excluding hydrogens is 447 g/mol. The summed E-state index contributed by atoms with van der Waals surface area (Å²) in [5, 5.41) is 13.6. The monoisotopic (exact) mass is 460 g/mol. The van der Waals surface area contributed by atoms with Crippen LogP contribution in [0, 0.1) is 5.82 Å². The third kappa shape index (κ3) is 4.48. The van der Waals surface area contributed by atoms with E-state index in [1.807, 2.05) is 0 Å². The largest absolute Gasteiger partial charge is 0.439 e. The molecule has 0 unspecified atom stereocenters. The van der Waals surface area contributed by atoms with E-state index in [0.717, 1.165) is 0 Å². The summed E-state index contributed by atoms with van der Waals surface area (Å²) in [6.45, 7) is 0. The third-order valence-corrected chi connectivity index (χ3v) is 4.95. The van der Waals surface area contributed by atoms with Crippen LogP contribution in [-0.4, -0.2) is 31.3 Å².